The van der Waals surface area contributed by atoms with E-state index in [1.54, 1.807) is 24.3 Å². The van der Waals surface area contributed by atoms with Crippen LogP contribution in [0.25, 0.3) is 5.57 Å². The van der Waals surface area contributed by atoms with Crippen molar-refractivity contribution in [1.29, 1.82) is 0 Å². The molecule has 1 aliphatic carbocycles. The molecule has 1 aromatic rings. The highest BCUT2D eigenvalue weighted by Crippen LogP contribution is 2.42. The van der Waals surface area contributed by atoms with Crippen molar-refractivity contribution < 1.29 is 8.42 Å². The van der Waals surface area contributed by atoms with E-state index in [0.29, 0.717) is 16.2 Å². The van der Waals surface area contributed by atoms with E-state index in [-0.39, 0.29) is 0 Å². The Morgan fingerprint density at radius 2 is 2.00 bits per heavy atom. The van der Waals surface area contributed by atoms with Gasteiger partial charge >= 0.3 is 0 Å². The maximum Gasteiger partial charge on any atom is 0.204 e. The molecular formula is C12H8O2S. The predicted octanol–water partition coefficient (Wildman–Crippen LogP) is 2.30. The Hall–Kier alpha value is -1.57. The van der Waals surface area contributed by atoms with E-state index in [0.717, 1.165) is 11.1 Å². The summed E-state index contributed by atoms with van der Waals surface area (Å²) in [6.07, 6.45) is 3.97. The van der Waals surface area contributed by atoms with Gasteiger partial charge in [0.05, 0.1) is 9.80 Å². The lowest BCUT2D eigenvalue weighted by Gasteiger charge is -2.01. The normalized spacial score (nSPS) is 20.3. The third kappa shape index (κ3) is 1.02. The monoisotopic (exact) mass is 216 g/mol. The zero-order valence-electron chi connectivity index (χ0n) is 7.90. The number of hydrogen-bond acceptors (Lipinski definition) is 2. The van der Waals surface area contributed by atoms with Crippen LogP contribution in [0.4, 0.5) is 0 Å². The van der Waals surface area contributed by atoms with E-state index in [4.69, 9.17) is 0 Å². The summed E-state index contributed by atoms with van der Waals surface area (Å²) in [5, 5.41) is 0. The second-order valence-corrected chi connectivity index (χ2v) is 5.50. The fourth-order valence-corrected chi connectivity index (χ4v) is 3.77. The molecule has 0 bridgehead atoms. The summed E-state index contributed by atoms with van der Waals surface area (Å²) < 4.78 is 24.2. The van der Waals surface area contributed by atoms with Crippen LogP contribution in [-0.4, -0.2) is 8.42 Å². The third-order valence-electron chi connectivity index (χ3n) is 2.72. The molecular weight excluding hydrogens is 208 g/mol. The van der Waals surface area contributed by atoms with E-state index in [2.05, 4.69) is 5.73 Å². The van der Waals surface area contributed by atoms with Gasteiger partial charge in [0.15, 0.2) is 0 Å². The standard InChI is InChI=1S/C12H8O2S/c13-15(14)11-7-3-1-5-9(11)10-6-2-4-8-12(10)15/h1,3-7H,8H2. The first-order chi connectivity index (χ1) is 7.21. The Morgan fingerprint density at radius 1 is 1.20 bits per heavy atom. The Balaban J connectivity index is 2.44. The van der Waals surface area contributed by atoms with Gasteiger partial charge in [-0.1, -0.05) is 18.2 Å². The smallest absolute Gasteiger partial charge is 0.204 e. The van der Waals surface area contributed by atoms with Crippen molar-refractivity contribution in [2.45, 2.75) is 11.3 Å². The second kappa shape index (κ2) is 2.72. The van der Waals surface area contributed by atoms with E-state index >= 15 is 0 Å². The van der Waals surface area contributed by atoms with Crippen LogP contribution < -0.4 is 0 Å². The van der Waals surface area contributed by atoms with Gasteiger partial charge in [-0.2, -0.15) is 0 Å². The largest absolute Gasteiger partial charge is 0.219 e. The molecule has 74 valence electrons. The Morgan fingerprint density at radius 3 is 2.87 bits per heavy atom. The lowest BCUT2D eigenvalue weighted by Crippen LogP contribution is -2.00. The first-order valence-electron chi connectivity index (χ1n) is 4.70. The minimum absolute atomic E-state index is 0.434. The molecule has 0 N–H and O–H groups in total. The van der Waals surface area contributed by atoms with Crippen LogP contribution in [0.3, 0.4) is 0 Å². The molecule has 0 aromatic heterocycles. The van der Waals surface area contributed by atoms with Gasteiger partial charge in [-0.05, 0) is 18.2 Å². The number of fused-ring (bicyclic) bond motifs is 2. The lowest BCUT2D eigenvalue weighted by atomic mass is 10.0. The van der Waals surface area contributed by atoms with Crippen molar-refractivity contribution >= 4 is 15.4 Å². The number of rotatable bonds is 0. The van der Waals surface area contributed by atoms with E-state index < -0.39 is 9.84 Å². The highest BCUT2D eigenvalue weighted by Gasteiger charge is 2.33. The quantitative estimate of drug-likeness (QED) is 0.623. The van der Waals surface area contributed by atoms with E-state index in [9.17, 15) is 8.42 Å². The number of hydrogen-bond donors (Lipinski definition) is 0. The summed E-state index contributed by atoms with van der Waals surface area (Å²) in [7, 11) is -3.23. The molecule has 0 fully saturated rings. The van der Waals surface area contributed by atoms with Crippen LogP contribution in [0.15, 0.2) is 51.9 Å². The van der Waals surface area contributed by atoms with E-state index in [1.165, 1.54) is 0 Å². The molecule has 2 aliphatic rings. The van der Waals surface area contributed by atoms with Crippen molar-refractivity contribution in [1.82, 2.24) is 0 Å². The molecule has 0 spiro atoms. The molecule has 0 saturated carbocycles. The average Bonchev–Trinajstić information content (AvgIpc) is 2.51. The van der Waals surface area contributed by atoms with Crippen molar-refractivity contribution in [2.24, 2.45) is 0 Å². The minimum atomic E-state index is -3.23. The van der Waals surface area contributed by atoms with Crippen LogP contribution in [-0.2, 0) is 9.84 Å². The second-order valence-electron chi connectivity index (χ2n) is 3.56. The van der Waals surface area contributed by atoms with Gasteiger partial charge in [-0.3, -0.25) is 0 Å². The van der Waals surface area contributed by atoms with Gasteiger partial charge in [0, 0.05) is 17.6 Å². The summed E-state index contributed by atoms with van der Waals surface area (Å²) in [5.41, 5.74) is 4.59. The maximum absolute atomic E-state index is 12.1. The molecule has 15 heavy (non-hydrogen) atoms. The zero-order valence-corrected chi connectivity index (χ0v) is 8.71. The minimum Gasteiger partial charge on any atom is -0.219 e. The van der Waals surface area contributed by atoms with Crippen LogP contribution >= 0.6 is 0 Å². The van der Waals surface area contributed by atoms with Gasteiger partial charge < -0.3 is 0 Å². The van der Waals surface area contributed by atoms with Crippen molar-refractivity contribution in [3.05, 3.63) is 52.6 Å². The first kappa shape index (κ1) is 8.72. The molecule has 0 radical (unpaired) electrons. The zero-order chi connectivity index (χ0) is 10.5. The SMILES string of the molecule is O=S1(=O)C2=C(C=C=CC2)c2ccccc21. The summed E-state index contributed by atoms with van der Waals surface area (Å²) in [4.78, 5) is 0.950. The maximum atomic E-state index is 12.1. The fraction of sp³-hybridized carbons (Fsp3) is 0.0833. The van der Waals surface area contributed by atoms with Crippen LogP contribution in [0.5, 0.6) is 0 Å². The van der Waals surface area contributed by atoms with Gasteiger partial charge in [-0.25, -0.2) is 8.42 Å². The Bertz CT molecular complexity index is 642. The molecule has 1 aliphatic heterocycles. The van der Waals surface area contributed by atoms with Gasteiger partial charge in [0.1, 0.15) is 0 Å². The Labute approximate surface area is 88.2 Å². The lowest BCUT2D eigenvalue weighted by molar-refractivity contribution is 0.602. The van der Waals surface area contributed by atoms with Gasteiger partial charge in [-0.15, -0.1) is 5.73 Å². The summed E-state index contributed by atoms with van der Waals surface area (Å²) in [5.74, 6) is 0. The number of sulfone groups is 1. The third-order valence-corrected chi connectivity index (χ3v) is 4.69. The molecule has 0 amide bonds. The number of benzene rings is 1. The first-order valence-corrected chi connectivity index (χ1v) is 6.18. The van der Waals surface area contributed by atoms with Crippen LogP contribution in [0, 0.1) is 0 Å². The summed E-state index contributed by atoms with van der Waals surface area (Å²) in [6, 6.07) is 7.12. The van der Waals surface area contributed by atoms with E-state index in [1.807, 2.05) is 12.1 Å². The predicted molar refractivity (Wildman–Crippen MR) is 57.8 cm³/mol. The molecule has 1 heterocycles. The molecule has 3 rings (SSSR count). The van der Waals surface area contributed by atoms with Gasteiger partial charge in [0.2, 0.25) is 9.84 Å². The van der Waals surface area contributed by atoms with Crippen molar-refractivity contribution in [3.63, 3.8) is 0 Å². The van der Waals surface area contributed by atoms with Crippen molar-refractivity contribution in [2.75, 3.05) is 0 Å². The fourth-order valence-electron chi connectivity index (χ4n) is 2.02. The molecule has 0 unspecified atom stereocenters. The van der Waals surface area contributed by atoms with Crippen LogP contribution in [0.1, 0.15) is 12.0 Å². The molecule has 0 saturated heterocycles. The highest BCUT2D eigenvalue weighted by molar-refractivity contribution is 7.96. The van der Waals surface area contributed by atoms with Gasteiger partial charge in [0.25, 0.3) is 0 Å². The average molecular weight is 216 g/mol. The molecule has 2 nitrogen and oxygen atoms in total. The molecule has 1 aromatic carbocycles. The van der Waals surface area contributed by atoms with Crippen molar-refractivity contribution in [3.8, 4) is 0 Å². The topological polar surface area (TPSA) is 34.1 Å². The molecule has 0 atom stereocenters. The Kier molecular flexibility index (Phi) is 1.58. The highest BCUT2D eigenvalue weighted by atomic mass is 32.2. The van der Waals surface area contributed by atoms with Crippen LogP contribution in [0.2, 0.25) is 0 Å². The molecule has 3 heteroatoms. The summed E-state index contributed by atoms with van der Waals surface area (Å²) in [6.45, 7) is 0. The number of allylic oxidation sites excluding steroid dienone is 3. The summed E-state index contributed by atoms with van der Waals surface area (Å²) >= 11 is 0.